The first-order valence-electron chi connectivity index (χ1n) is 10.2. The van der Waals surface area contributed by atoms with E-state index in [-0.39, 0.29) is 19.0 Å². The number of rotatable bonds is 5. The molecule has 0 spiro atoms. The first kappa shape index (κ1) is 22.3. The maximum atomic E-state index is 13.0. The van der Waals surface area contributed by atoms with Crippen molar-refractivity contribution >= 4 is 24.8 Å². The highest BCUT2D eigenvalue weighted by atomic mass is 31.2. The number of aromatic nitrogens is 5. The molecule has 0 saturated carbocycles. The number of nitrogens with zero attached hydrogens (tertiary/aromatic N) is 5. The lowest BCUT2D eigenvalue weighted by Crippen LogP contribution is -2.44. The number of nitrogens with two attached hydrogens (primary N) is 1. The largest absolute Gasteiger partial charge is 0.475 e. The minimum Gasteiger partial charge on any atom is -0.387 e. The van der Waals surface area contributed by atoms with Crippen LogP contribution in [0, 0.1) is 0 Å². The molecule has 14 heteroatoms. The van der Waals surface area contributed by atoms with Crippen molar-refractivity contribution in [2.24, 2.45) is 0 Å². The molecule has 0 radical (unpaired) electrons. The number of phosphoric ester groups is 1. The molecule has 0 aliphatic carbocycles. The van der Waals surface area contributed by atoms with Gasteiger partial charge in [-0.1, -0.05) is 6.07 Å². The maximum absolute atomic E-state index is 13.0. The summed E-state index contributed by atoms with van der Waals surface area (Å²) in [4.78, 5) is 16.2. The van der Waals surface area contributed by atoms with E-state index in [4.69, 9.17) is 24.0 Å². The van der Waals surface area contributed by atoms with Gasteiger partial charge in [0.05, 0.1) is 25.6 Å². The Labute approximate surface area is 188 Å². The van der Waals surface area contributed by atoms with Gasteiger partial charge in [0, 0.05) is 18.8 Å². The van der Waals surface area contributed by atoms with Gasteiger partial charge in [0.25, 0.3) is 0 Å². The van der Waals surface area contributed by atoms with E-state index in [1.807, 2.05) is 6.07 Å². The van der Waals surface area contributed by atoms with Crippen molar-refractivity contribution in [3.05, 3.63) is 42.7 Å². The summed E-state index contributed by atoms with van der Waals surface area (Å²) in [6.07, 6.45) is 2.38. The second-order valence-electron chi connectivity index (χ2n) is 8.03. The van der Waals surface area contributed by atoms with Crippen LogP contribution in [0.2, 0.25) is 0 Å². The number of aliphatic hydroxyl groups is 2. The zero-order valence-corrected chi connectivity index (χ0v) is 18.5. The number of aliphatic hydroxyl groups excluding tert-OH is 1. The van der Waals surface area contributed by atoms with E-state index in [1.54, 1.807) is 18.5 Å². The number of phosphoric acid groups is 1. The average Bonchev–Trinajstić information content (AvgIpc) is 3.33. The number of fused-ring (bicyclic) bond motifs is 1. The van der Waals surface area contributed by atoms with Crippen LogP contribution in [-0.2, 0) is 22.9 Å². The number of pyridine rings is 1. The van der Waals surface area contributed by atoms with E-state index in [0.717, 1.165) is 5.56 Å². The van der Waals surface area contributed by atoms with Gasteiger partial charge in [-0.3, -0.25) is 23.1 Å². The molecular formula is C19H23N6O7P. The monoisotopic (exact) mass is 478 g/mol. The standard InChI is InChI=1S/C19H23N6O7P/c1-19(27)15(26)13(31-18(19)25-10-24-14-16(20)22-9-23-17(14)25)8-30-33(28)29-6-4-12(32-33)11-3-2-5-21-7-11/h2-3,5,7,9-10,12-13,15,18,26-27H,4,6,8H2,1H3,(H2,20,22,23)/t12-,13+,15+,18+,19+,33+/m0/s1. The van der Waals surface area contributed by atoms with E-state index < -0.39 is 38.0 Å². The van der Waals surface area contributed by atoms with Gasteiger partial charge in [0.1, 0.15) is 29.7 Å². The van der Waals surface area contributed by atoms with Gasteiger partial charge in [0.2, 0.25) is 0 Å². The van der Waals surface area contributed by atoms with Gasteiger partial charge < -0.3 is 20.7 Å². The SMILES string of the molecule is C[C@@]1(O)[C@H](O)[C@@H](CO[P@@]2(=O)OCC[C@@H](c3cccnc3)O2)O[C@H]1n1cnc2c(N)ncnc21. The molecule has 2 aliphatic heterocycles. The maximum Gasteiger partial charge on any atom is 0.475 e. The topological polar surface area (TPSA) is 177 Å². The van der Waals surface area contributed by atoms with Crippen molar-refractivity contribution in [2.75, 3.05) is 18.9 Å². The summed E-state index contributed by atoms with van der Waals surface area (Å²) in [7, 11) is -3.94. The summed E-state index contributed by atoms with van der Waals surface area (Å²) in [5, 5.41) is 21.7. The predicted molar refractivity (Wildman–Crippen MR) is 112 cm³/mol. The molecule has 3 aromatic rings. The third-order valence-electron chi connectivity index (χ3n) is 5.73. The van der Waals surface area contributed by atoms with Crippen LogP contribution >= 0.6 is 7.82 Å². The molecule has 2 aliphatic rings. The van der Waals surface area contributed by atoms with Crippen molar-refractivity contribution < 1.29 is 33.1 Å². The minimum atomic E-state index is -3.94. The first-order chi connectivity index (χ1) is 15.8. The van der Waals surface area contributed by atoms with Crippen molar-refractivity contribution in [1.82, 2.24) is 24.5 Å². The average molecular weight is 478 g/mol. The number of nitrogen functional groups attached to an aromatic ring is 1. The Morgan fingerprint density at radius 2 is 2.24 bits per heavy atom. The Morgan fingerprint density at radius 3 is 3.03 bits per heavy atom. The highest BCUT2D eigenvalue weighted by Crippen LogP contribution is 2.57. The molecule has 5 rings (SSSR count). The molecule has 2 saturated heterocycles. The van der Waals surface area contributed by atoms with Crippen molar-refractivity contribution in [3.63, 3.8) is 0 Å². The number of hydrogen-bond acceptors (Lipinski definition) is 12. The Hall–Kier alpha value is -2.51. The fourth-order valence-electron chi connectivity index (χ4n) is 3.96. The number of ether oxygens (including phenoxy) is 1. The van der Waals surface area contributed by atoms with Crippen LogP contribution in [-0.4, -0.2) is 65.7 Å². The van der Waals surface area contributed by atoms with Gasteiger partial charge in [-0.2, -0.15) is 0 Å². The molecule has 176 valence electrons. The van der Waals surface area contributed by atoms with Gasteiger partial charge in [-0.05, 0) is 18.6 Å². The zero-order valence-electron chi connectivity index (χ0n) is 17.6. The predicted octanol–water partition coefficient (Wildman–Crippen LogP) is 1.12. The van der Waals surface area contributed by atoms with E-state index >= 15 is 0 Å². The zero-order chi connectivity index (χ0) is 23.2. The number of imidazole rings is 1. The molecule has 33 heavy (non-hydrogen) atoms. The minimum absolute atomic E-state index is 0.160. The Balaban J connectivity index is 1.31. The fourth-order valence-corrected chi connectivity index (χ4v) is 5.35. The lowest BCUT2D eigenvalue weighted by molar-refractivity contribution is -0.0953. The second kappa shape index (κ2) is 8.37. The van der Waals surface area contributed by atoms with Gasteiger partial charge in [-0.25, -0.2) is 19.5 Å². The lowest BCUT2D eigenvalue weighted by atomic mass is 9.96. The highest BCUT2D eigenvalue weighted by Gasteiger charge is 2.54. The van der Waals surface area contributed by atoms with E-state index in [0.29, 0.717) is 17.6 Å². The van der Waals surface area contributed by atoms with Crippen LogP contribution < -0.4 is 5.73 Å². The summed E-state index contributed by atoms with van der Waals surface area (Å²) in [5.41, 5.74) is 5.49. The van der Waals surface area contributed by atoms with Crippen molar-refractivity contribution in [1.29, 1.82) is 0 Å². The third kappa shape index (κ3) is 4.02. The summed E-state index contributed by atoms with van der Waals surface area (Å²) in [6.45, 7) is 1.22. The van der Waals surface area contributed by atoms with Crippen LogP contribution in [0.4, 0.5) is 5.82 Å². The number of anilines is 1. The van der Waals surface area contributed by atoms with Gasteiger partial charge >= 0.3 is 7.82 Å². The van der Waals surface area contributed by atoms with Crippen LogP contribution in [0.15, 0.2) is 37.2 Å². The highest BCUT2D eigenvalue weighted by molar-refractivity contribution is 7.48. The molecule has 6 atom stereocenters. The third-order valence-corrected chi connectivity index (χ3v) is 7.21. The van der Waals surface area contributed by atoms with Crippen LogP contribution in [0.25, 0.3) is 11.2 Å². The van der Waals surface area contributed by atoms with Crippen molar-refractivity contribution in [3.8, 4) is 0 Å². The van der Waals surface area contributed by atoms with Crippen LogP contribution in [0.1, 0.15) is 31.2 Å². The molecule has 2 fully saturated rings. The summed E-state index contributed by atoms with van der Waals surface area (Å²) in [6, 6.07) is 3.56. The van der Waals surface area contributed by atoms with E-state index in [9.17, 15) is 14.8 Å². The molecule has 3 aromatic heterocycles. The molecular weight excluding hydrogens is 455 g/mol. The lowest BCUT2D eigenvalue weighted by Gasteiger charge is -2.29. The Bertz CT molecular complexity index is 1190. The Kier molecular flexibility index (Phi) is 5.65. The van der Waals surface area contributed by atoms with Gasteiger partial charge in [-0.15, -0.1) is 0 Å². The normalized spacial score (nSPS) is 34.6. The smallest absolute Gasteiger partial charge is 0.387 e. The summed E-state index contributed by atoms with van der Waals surface area (Å²) < 4.78 is 36.7. The van der Waals surface area contributed by atoms with Crippen molar-refractivity contribution in [2.45, 2.75) is 43.5 Å². The van der Waals surface area contributed by atoms with Gasteiger partial charge in [0.15, 0.2) is 17.7 Å². The fraction of sp³-hybridized carbons (Fsp3) is 0.474. The molecule has 0 aromatic carbocycles. The molecule has 0 bridgehead atoms. The van der Waals surface area contributed by atoms with Crippen LogP contribution in [0.5, 0.6) is 0 Å². The molecule has 4 N–H and O–H groups in total. The first-order valence-corrected chi connectivity index (χ1v) is 11.7. The molecule has 13 nitrogen and oxygen atoms in total. The quantitative estimate of drug-likeness (QED) is 0.446. The van der Waals surface area contributed by atoms with E-state index in [2.05, 4.69) is 19.9 Å². The molecule has 0 unspecified atom stereocenters. The molecule has 0 amide bonds. The number of hydrogen-bond donors (Lipinski definition) is 3. The molecule has 5 heterocycles. The summed E-state index contributed by atoms with van der Waals surface area (Å²) in [5.74, 6) is 0.171. The Morgan fingerprint density at radius 1 is 1.39 bits per heavy atom. The second-order valence-corrected chi connectivity index (χ2v) is 9.65. The van der Waals surface area contributed by atoms with E-state index in [1.165, 1.54) is 24.1 Å². The van der Waals surface area contributed by atoms with Crippen LogP contribution in [0.3, 0.4) is 0 Å². The summed E-state index contributed by atoms with van der Waals surface area (Å²) >= 11 is 0.